The van der Waals surface area contributed by atoms with E-state index in [1.54, 1.807) is 6.33 Å². The standard InChI is InChI=1S/C14H22N6O/c1-9(2)20-8-16-19-13(20)7-15-14(21)6-5-12-10(3)11(4)17-18-12/h8-9H,5-7H2,1-4H3,(H,15,21)(H,17,18). The fraction of sp³-hybridized carbons (Fsp3) is 0.571. The Labute approximate surface area is 124 Å². The highest BCUT2D eigenvalue weighted by Crippen LogP contribution is 2.10. The first-order chi connectivity index (χ1) is 9.99. The highest BCUT2D eigenvalue weighted by atomic mass is 16.1. The third kappa shape index (κ3) is 3.68. The molecule has 21 heavy (non-hydrogen) atoms. The molecule has 2 aromatic rings. The van der Waals surface area contributed by atoms with Gasteiger partial charge in [0, 0.05) is 24.6 Å². The van der Waals surface area contributed by atoms with E-state index in [1.807, 2.05) is 18.4 Å². The molecule has 2 aromatic heterocycles. The van der Waals surface area contributed by atoms with Crippen LogP contribution in [-0.4, -0.2) is 30.9 Å². The number of hydrogen-bond donors (Lipinski definition) is 2. The molecule has 7 heteroatoms. The van der Waals surface area contributed by atoms with Gasteiger partial charge in [0.25, 0.3) is 0 Å². The van der Waals surface area contributed by atoms with Crippen LogP contribution < -0.4 is 5.32 Å². The highest BCUT2D eigenvalue weighted by molar-refractivity contribution is 5.76. The Morgan fingerprint density at radius 1 is 1.43 bits per heavy atom. The number of aromatic amines is 1. The molecule has 0 radical (unpaired) electrons. The summed E-state index contributed by atoms with van der Waals surface area (Å²) in [6.07, 6.45) is 2.74. The normalized spacial score (nSPS) is 11.1. The lowest BCUT2D eigenvalue weighted by molar-refractivity contribution is -0.121. The summed E-state index contributed by atoms with van der Waals surface area (Å²) in [7, 11) is 0. The number of nitrogens with zero attached hydrogens (tertiary/aromatic N) is 4. The molecule has 0 aliphatic rings. The first-order valence-corrected chi connectivity index (χ1v) is 7.14. The molecule has 0 aliphatic carbocycles. The molecular formula is C14H22N6O. The molecule has 2 rings (SSSR count). The van der Waals surface area contributed by atoms with Crippen molar-refractivity contribution in [2.45, 2.75) is 53.1 Å². The zero-order valence-electron chi connectivity index (χ0n) is 13.0. The van der Waals surface area contributed by atoms with E-state index in [4.69, 9.17) is 0 Å². The van der Waals surface area contributed by atoms with E-state index in [2.05, 4.69) is 39.6 Å². The van der Waals surface area contributed by atoms with Crippen LogP contribution in [0.1, 0.15) is 49.1 Å². The molecular weight excluding hydrogens is 268 g/mol. The Balaban J connectivity index is 1.82. The van der Waals surface area contributed by atoms with Crippen LogP contribution in [0.15, 0.2) is 6.33 Å². The largest absolute Gasteiger partial charge is 0.349 e. The van der Waals surface area contributed by atoms with Gasteiger partial charge in [-0.3, -0.25) is 9.89 Å². The molecule has 0 fully saturated rings. The molecule has 2 N–H and O–H groups in total. The predicted molar refractivity (Wildman–Crippen MR) is 78.6 cm³/mol. The quantitative estimate of drug-likeness (QED) is 0.842. The molecule has 0 saturated heterocycles. The van der Waals surface area contributed by atoms with E-state index in [0.717, 1.165) is 22.8 Å². The average Bonchev–Trinajstić information content (AvgIpc) is 3.03. The van der Waals surface area contributed by atoms with Gasteiger partial charge < -0.3 is 9.88 Å². The molecule has 114 valence electrons. The third-order valence-electron chi connectivity index (χ3n) is 3.59. The number of hydrogen-bond acceptors (Lipinski definition) is 4. The topological polar surface area (TPSA) is 88.5 Å². The molecule has 7 nitrogen and oxygen atoms in total. The molecule has 0 aliphatic heterocycles. The van der Waals surface area contributed by atoms with Crippen LogP contribution in [0.2, 0.25) is 0 Å². The zero-order valence-corrected chi connectivity index (χ0v) is 13.0. The number of rotatable bonds is 6. The summed E-state index contributed by atoms with van der Waals surface area (Å²) in [6, 6.07) is 0.279. The fourth-order valence-corrected chi connectivity index (χ4v) is 2.10. The maximum atomic E-state index is 11.9. The molecule has 0 atom stereocenters. The summed E-state index contributed by atoms with van der Waals surface area (Å²) < 4.78 is 1.95. The molecule has 0 unspecified atom stereocenters. The van der Waals surface area contributed by atoms with Gasteiger partial charge in [-0.1, -0.05) is 0 Å². The third-order valence-corrected chi connectivity index (χ3v) is 3.59. The van der Waals surface area contributed by atoms with Gasteiger partial charge in [0.05, 0.1) is 12.2 Å². The summed E-state index contributed by atoms with van der Waals surface area (Å²) in [5.41, 5.74) is 3.13. The van der Waals surface area contributed by atoms with Crippen LogP contribution in [0.5, 0.6) is 0 Å². The number of amides is 1. The van der Waals surface area contributed by atoms with Crippen LogP contribution >= 0.6 is 0 Å². The molecule has 1 amide bonds. The second kappa shape index (κ2) is 6.51. The number of carbonyl (C=O) groups excluding carboxylic acids is 1. The number of nitrogens with one attached hydrogen (secondary N) is 2. The van der Waals surface area contributed by atoms with Gasteiger partial charge in [-0.25, -0.2) is 0 Å². The summed E-state index contributed by atoms with van der Waals surface area (Å²) >= 11 is 0. The van der Waals surface area contributed by atoms with Crippen LogP contribution in [0.4, 0.5) is 0 Å². The van der Waals surface area contributed by atoms with E-state index >= 15 is 0 Å². The van der Waals surface area contributed by atoms with Crippen molar-refractivity contribution in [2.24, 2.45) is 0 Å². The van der Waals surface area contributed by atoms with Gasteiger partial charge >= 0.3 is 0 Å². The number of aromatic nitrogens is 5. The van der Waals surface area contributed by atoms with Crippen molar-refractivity contribution in [3.05, 3.63) is 29.1 Å². The Morgan fingerprint density at radius 2 is 2.19 bits per heavy atom. The van der Waals surface area contributed by atoms with Crippen molar-refractivity contribution in [1.29, 1.82) is 0 Å². The summed E-state index contributed by atoms with van der Waals surface area (Å²) in [5, 5.41) is 17.9. The minimum absolute atomic E-state index is 0.00615. The molecule has 0 aromatic carbocycles. The van der Waals surface area contributed by atoms with Gasteiger partial charge in [-0.2, -0.15) is 5.10 Å². The van der Waals surface area contributed by atoms with Crippen molar-refractivity contribution in [3.63, 3.8) is 0 Å². The van der Waals surface area contributed by atoms with Crippen molar-refractivity contribution in [3.8, 4) is 0 Å². The average molecular weight is 290 g/mol. The second-order valence-electron chi connectivity index (χ2n) is 5.45. The maximum absolute atomic E-state index is 11.9. The van der Waals surface area contributed by atoms with E-state index in [-0.39, 0.29) is 11.9 Å². The smallest absolute Gasteiger partial charge is 0.220 e. The number of aryl methyl sites for hydroxylation is 2. The minimum atomic E-state index is -0.00615. The summed E-state index contributed by atoms with van der Waals surface area (Å²) in [6.45, 7) is 8.49. The molecule has 0 saturated carbocycles. The van der Waals surface area contributed by atoms with Crippen molar-refractivity contribution < 1.29 is 4.79 Å². The van der Waals surface area contributed by atoms with E-state index in [9.17, 15) is 4.79 Å². The molecule has 2 heterocycles. The second-order valence-corrected chi connectivity index (χ2v) is 5.45. The zero-order chi connectivity index (χ0) is 15.4. The molecule has 0 spiro atoms. The SMILES string of the molecule is Cc1[nH]nc(CCC(=O)NCc2nncn2C(C)C)c1C. The first kappa shape index (κ1) is 15.2. The van der Waals surface area contributed by atoms with E-state index < -0.39 is 0 Å². The lowest BCUT2D eigenvalue weighted by Crippen LogP contribution is -2.25. The maximum Gasteiger partial charge on any atom is 0.220 e. The van der Waals surface area contributed by atoms with Gasteiger partial charge in [-0.05, 0) is 33.3 Å². The Bertz CT molecular complexity index is 613. The molecule has 0 bridgehead atoms. The van der Waals surface area contributed by atoms with Gasteiger partial charge in [0.2, 0.25) is 5.91 Å². The van der Waals surface area contributed by atoms with Gasteiger partial charge in [0.15, 0.2) is 5.82 Å². The van der Waals surface area contributed by atoms with Crippen LogP contribution in [0, 0.1) is 13.8 Å². The Morgan fingerprint density at radius 3 is 2.81 bits per heavy atom. The van der Waals surface area contributed by atoms with Crippen molar-refractivity contribution in [1.82, 2.24) is 30.3 Å². The number of carbonyl (C=O) groups is 1. The van der Waals surface area contributed by atoms with E-state index in [1.165, 1.54) is 0 Å². The predicted octanol–water partition coefficient (Wildman–Crippen LogP) is 1.45. The van der Waals surface area contributed by atoms with Crippen LogP contribution in [0.3, 0.4) is 0 Å². The fourth-order valence-electron chi connectivity index (χ4n) is 2.10. The van der Waals surface area contributed by atoms with Crippen molar-refractivity contribution >= 4 is 5.91 Å². The number of H-pyrrole nitrogens is 1. The summed E-state index contributed by atoms with van der Waals surface area (Å²) in [5.74, 6) is 0.763. The summed E-state index contributed by atoms with van der Waals surface area (Å²) in [4.78, 5) is 11.9. The Hall–Kier alpha value is -2.18. The van der Waals surface area contributed by atoms with E-state index in [0.29, 0.717) is 19.4 Å². The first-order valence-electron chi connectivity index (χ1n) is 7.14. The monoisotopic (exact) mass is 290 g/mol. The van der Waals surface area contributed by atoms with Crippen LogP contribution in [-0.2, 0) is 17.8 Å². The van der Waals surface area contributed by atoms with Crippen LogP contribution in [0.25, 0.3) is 0 Å². The lowest BCUT2D eigenvalue weighted by atomic mass is 10.1. The van der Waals surface area contributed by atoms with Gasteiger partial charge in [0.1, 0.15) is 6.33 Å². The van der Waals surface area contributed by atoms with Gasteiger partial charge in [-0.15, -0.1) is 10.2 Å². The Kier molecular flexibility index (Phi) is 4.72. The van der Waals surface area contributed by atoms with Crippen molar-refractivity contribution in [2.75, 3.05) is 0 Å². The highest BCUT2D eigenvalue weighted by Gasteiger charge is 2.11. The lowest BCUT2D eigenvalue weighted by Gasteiger charge is -2.10. The minimum Gasteiger partial charge on any atom is -0.349 e.